The molecular formula is C35H38ClN3O3S. The van der Waals surface area contributed by atoms with Crippen LogP contribution >= 0.6 is 22.9 Å². The molecule has 0 unspecified atom stereocenters. The van der Waals surface area contributed by atoms with E-state index in [1.165, 1.54) is 12.0 Å². The highest BCUT2D eigenvalue weighted by Gasteiger charge is 2.33. The molecule has 0 spiro atoms. The highest BCUT2D eigenvalue weighted by molar-refractivity contribution is 7.16. The summed E-state index contributed by atoms with van der Waals surface area (Å²) < 4.78 is 7.12. The number of hydrogen-bond acceptors (Lipinski definition) is 5. The number of halogens is 1. The average molecular weight is 616 g/mol. The summed E-state index contributed by atoms with van der Waals surface area (Å²) in [7, 11) is 1.39. The van der Waals surface area contributed by atoms with Crippen LogP contribution < -0.4 is 5.32 Å². The van der Waals surface area contributed by atoms with E-state index >= 15 is 0 Å². The zero-order valence-corrected chi connectivity index (χ0v) is 27.4. The fourth-order valence-electron chi connectivity index (χ4n) is 5.98. The van der Waals surface area contributed by atoms with Gasteiger partial charge >= 0.3 is 5.97 Å². The van der Waals surface area contributed by atoms with Crippen LogP contribution in [-0.4, -0.2) is 29.8 Å². The van der Waals surface area contributed by atoms with Crippen LogP contribution in [0.2, 0.25) is 5.02 Å². The van der Waals surface area contributed by atoms with Gasteiger partial charge in [-0.1, -0.05) is 38.4 Å². The Kier molecular flexibility index (Phi) is 8.68. The summed E-state index contributed by atoms with van der Waals surface area (Å²) in [5, 5.41) is 4.41. The van der Waals surface area contributed by atoms with Gasteiger partial charge in [-0.05, 0) is 105 Å². The van der Waals surface area contributed by atoms with Crippen LogP contribution in [0.1, 0.15) is 80.9 Å². The lowest BCUT2D eigenvalue weighted by Gasteiger charge is -2.33. The molecule has 1 amide bonds. The van der Waals surface area contributed by atoms with Crippen LogP contribution in [0.25, 0.3) is 5.69 Å². The molecule has 0 radical (unpaired) electrons. The van der Waals surface area contributed by atoms with Gasteiger partial charge in [0, 0.05) is 44.4 Å². The number of carbonyl (C=O) groups excluding carboxylic acids is 2. The van der Waals surface area contributed by atoms with Gasteiger partial charge in [0.25, 0.3) is 5.91 Å². The van der Waals surface area contributed by atoms with Crippen LogP contribution in [0.5, 0.6) is 0 Å². The molecular weight excluding hydrogens is 578 g/mol. The minimum absolute atomic E-state index is 0.151. The van der Waals surface area contributed by atoms with Crippen LogP contribution in [0.3, 0.4) is 0 Å². The fourth-order valence-corrected chi connectivity index (χ4v) is 7.37. The van der Waals surface area contributed by atoms with E-state index in [1.807, 2.05) is 51.3 Å². The highest BCUT2D eigenvalue weighted by atomic mass is 35.5. The van der Waals surface area contributed by atoms with Gasteiger partial charge in [-0.15, -0.1) is 11.3 Å². The van der Waals surface area contributed by atoms with Crippen molar-refractivity contribution in [3.8, 4) is 5.69 Å². The number of nitrogens with zero attached hydrogens (tertiary/aromatic N) is 2. The molecule has 2 heterocycles. The second-order valence-corrected chi connectivity index (χ2v) is 13.8. The zero-order valence-electron chi connectivity index (χ0n) is 25.8. The van der Waals surface area contributed by atoms with Crippen molar-refractivity contribution in [3.63, 3.8) is 0 Å². The van der Waals surface area contributed by atoms with Gasteiger partial charge in [-0.2, -0.15) is 0 Å². The quantitative estimate of drug-likeness (QED) is 0.174. The first kappa shape index (κ1) is 30.8. The van der Waals surface area contributed by atoms with Crippen molar-refractivity contribution in [2.75, 3.05) is 12.4 Å². The maximum Gasteiger partial charge on any atom is 0.338 e. The van der Waals surface area contributed by atoms with Gasteiger partial charge in [0.05, 0.1) is 18.2 Å². The first-order valence-corrected chi connectivity index (χ1v) is 15.7. The number of nitrogens with one attached hydrogen (secondary N) is 1. The van der Waals surface area contributed by atoms with Crippen molar-refractivity contribution in [3.05, 3.63) is 97.6 Å². The Bertz CT molecular complexity index is 1720. The number of hydrogen-bond donors (Lipinski definition) is 1. The molecule has 0 bridgehead atoms. The molecule has 8 heteroatoms. The second-order valence-electron chi connectivity index (χ2n) is 12.3. The number of aryl methyl sites for hydroxylation is 1. The van der Waals surface area contributed by atoms with E-state index in [0.717, 1.165) is 58.0 Å². The van der Waals surface area contributed by atoms with E-state index in [-0.39, 0.29) is 17.3 Å². The molecule has 1 aliphatic rings. The molecule has 1 atom stereocenters. The van der Waals surface area contributed by atoms with E-state index in [0.29, 0.717) is 27.8 Å². The minimum Gasteiger partial charge on any atom is -0.465 e. The summed E-state index contributed by atoms with van der Waals surface area (Å²) in [5.74, 6) is 0.0378. The number of rotatable bonds is 6. The largest absolute Gasteiger partial charge is 0.465 e. The molecule has 224 valence electrons. The van der Waals surface area contributed by atoms with Gasteiger partial charge in [0.15, 0.2) is 0 Å². The first-order valence-electron chi connectivity index (χ1n) is 14.5. The number of methoxy groups -OCH3 is 1. The number of thiophene rings is 1. The van der Waals surface area contributed by atoms with Gasteiger partial charge < -0.3 is 14.6 Å². The number of anilines is 1. The average Bonchev–Trinajstić information content (AvgIpc) is 3.47. The lowest BCUT2D eigenvalue weighted by molar-refractivity contribution is 0.0599. The van der Waals surface area contributed by atoms with Gasteiger partial charge in [0.2, 0.25) is 0 Å². The Morgan fingerprint density at radius 2 is 1.84 bits per heavy atom. The molecule has 43 heavy (non-hydrogen) atoms. The Labute approximate surface area is 262 Å². The standard InChI is InChI=1S/C35H38ClN3O3S/c1-20-17-23(22(3)39(20)29-10-8-9-27(21(29)2)34(41)42-7)19-37-33-31(32(40)38-26-14-12-25(36)13-15-26)28-16-11-24(35(4,5)6)18-30(28)43-33/h8-10,12-15,17,19,24H,11,16,18H2,1-7H3,(H,38,40)/t24-/m1/s1. The molecule has 5 rings (SSSR count). The SMILES string of the molecule is COC(=O)c1cccc(-n2c(C)cc(C=Nc3sc4c(c3C(=O)Nc3ccc(Cl)cc3)CC[C@@H](C(C)(C)C)C4)c2C)c1C. The molecule has 0 aliphatic heterocycles. The van der Waals surface area contributed by atoms with Crippen molar-refractivity contribution in [2.45, 2.75) is 60.8 Å². The number of esters is 1. The maximum atomic E-state index is 13.7. The third-order valence-corrected chi connectivity index (χ3v) is 9.96. The monoisotopic (exact) mass is 615 g/mol. The van der Waals surface area contributed by atoms with Crippen LogP contribution in [0.4, 0.5) is 10.7 Å². The zero-order chi connectivity index (χ0) is 31.1. The Morgan fingerprint density at radius 1 is 1.12 bits per heavy atom. The lowest BCUT2D eigenvalue weighted by atomic mass is 9.72. The van der Waals surface area contributed by atoms with E-state index in [4.69, 9.17) is 21.3 Å². The summed E-state index contributed by atoms with van der Waals surface area (Å²) in [6.07, 6.45) is 4.71. The summed E-state index contributed by atoms with van der Waals surface area (Å²) in [4.78, 5) is 32.3. The summed E-state index contributed by atoms with van der Waals surface area (Å²) in [5.41, 5.74) is 7.92. The predicted octanol–water partition coefficient (Wildman–Crippen LogP) is 9.06. The Hall–Kier alpha value is -3.68. The third kappa shape index (κ3) is 6.20. The molecule has 6 nitrogen and oxygen atoms in total. The van der Waals surface area contributed by atoms with Gasteiger partial charge in [-0.3, -0.25) is 4.79 Å². The Morgan fingerprint density at radius 3 is 2.51 bits per heavy atom. The number of ether oxygens (including phenoxy) is 1. The minimum atomic E-state index is -0.358. The second kappa shape index (κ2) is 12.1. The summed E-state index contributed by atoms with van der Waals surface area (Å²) >= 11 is 7.69. The summed E-state index contributed by atoms with van der Waals surface area (Å²) in [6.45, 7) is 12.9. The third-order valence-electron chi connectivity index (χ3n) is 8.54. The van der Waals surface area contributed by atoms with Crippen LogP contribution in [-0.2, 0) is 17.6 Å². The van der Waals surface area contributed by atoms with Crippen LogP contribution in [0, 0.1) is 32.1 Å². The molecule has 2 aromatic heterocycles. The molecule has 0 saturated heterocycles. The van der Waals surface area contributed by atoms with E-state index < -0.39 is 0 Å². The van der Waals surface area contributed by atoms with Crippen molar-refractivity contribution in [1.82, 2.24) is 4.57 Å². The van der Waals surface area contributed by atoms with Crippen molar-refractivity contribution >= 4 is 51.7 Å². The maximum absolute atomic E-state index is 13.7. The normalized spacial score (nSPS) is 15.0. The molecule has 0 saturated carbocycles. The number of aromatic nitrogens is 1. The van der Waals surface area contributed by atoms with Gasteiger partial charge in [-0.25, -0.2) is 9.79 Å². The lowest BCUT2D eigenvalue weighted by Crippen LogP contribution is -2.27. The molecule has 4 aromatic rings. The predicted molar refractivity (Wildman–Crippen MR) is 177 cm³/mol. The van der Waals surface area contributed by atoms with E-state index in [1.54, 1.807) is 29.5 Å². The highest BCUT2D eigenvalue weighted by Crippen LogP contribution is 2.45. The van der Waals surface area contributed by atoms with Crippen molar-refractivity contribution in [1.29, 1.82) is 0 Å². The molecule has 2 aromatic carbocycles. The summed E-state index contributed by atoms with van der Waals surface area (Å²) in [6, 6.07) is 14.9. The number of aliphatic imine (C=N–C) groups is 1. The molecule has 1 N–H and O–H groups in total. The molecule has 0 fully saturated rings. The van der Waals surface area contributed by atoms with Gasteiger partial charge in [0.1, 0.15) is 5.00 Å². The van der Waals surface area contributed by atoms with E-state index in [2.05, 4.69) is 36.7 Å². The number of benzene rings is 2. The number of carbonyl (C=O) groups is 2. The number of fused-ring (bicyclic) bond motifs is 1. The topological polar surface area (TPSA) is 72.7 Å². The van der Waals surface area contributed by atoms with Crippen molar-refractivity contribution in [2.24, 2.45) is 16.3 Å². The Balaban J connectivity index is 1.53. The first-order chi connectivity index (χ1) is 20.4. The fraction of sp³-hybridized carbons (Fsp3) is 0.343. The van der Waals surface area contributed by atoms with Crippen molar-refractivity contribution < 1.29 is 14.3 Å². The number of amides is 1. The van der Waals surface area contributed by atoms with E-state index in [9.17, 15) is 9.59 Å². The smallest absolute Gasteiger partial charge is 0.338 e. The molecule has 1 aliphatic carbocycles. The van der Waals surface area contributed by atoms with Crippen LogP contribution in [0.15, 0.2) is 53.5 Å².